The molecule has 1 aromatic rings. The number of likely N-dealkylation sites (tertiary alicyclic amines) is 1. The van der Waals surface area contributed by atoms with Crippen LogP contribution in [0.15, 0.2) is 18.2 Å². The summed E-state index contributed by atoms with van der Waals surface area (Å²) in [7, 11) is 3.68. The maximum atomic E-state index is 13.4. The first-order chi connectivity index (χ1) is 15.3. The van der Waals surface area contributed by atoms with Crippen molar-refractivity contribution < 1.29 is 33.3 Å². The highest BCUT2D eigenvalue weighted by Crippen LogP contribution is 2.31. The van der Waals surface area contributed by atoms with E-state index in [1.54, 1.807) is 18.1 Å². The number of aliphatic hydroxyl groups is 1. The van der Waals surface area contributed by atoms with Crippen LogP contribution in [0.5, 0.6) is 11.5 Å². The molecule has 1 atom stereocenters. The van der Waals surface area contributed by atoms with Gasteiger partial charge in [0.05, 0.1) is 13.7 Å². The Morgan fingerprint density at radius 3 is 2.56 bits per heavy atom. The molecule has 0 aliphatic carbocycles. The molecule has 0 bridgehead atoms. The average molecular weight is 460 g/mol. The first kappa shape index (κ1) is 26.2. The molecule has 8 nitrogen and oxygen atoms in total. The number of β-amino-alcohol motifs (C(OH)–C–C–N with tert-alkyl or cyclic N) is 1. The minimum absolute atomic E-state index is 0.0923. The SMILES string of the molecule is COc1ccc(CN2CCC(F)(F)C2)cc1OCC(O)CN1CCCN(C)CC1.O=CO. The van der Waals surface area contributed by atoms with Crippen molar-refractivity contribution in [3.05, 3.63) is 23.8 Å². The molecule has 182 valence electrons. The van der Waals surface area contributed by atoms with E-state index in [1.165, 1.54) is 0 Å². The van der Waals surface area contributed by atoms with Crippen molar-refractivity contribution in [1.82, 2.24) is 14.7 Å². The van der Waals surface area contributed by atoms with Crippen molar-refractivity contribution in [2.75, 3.05) is 66.6 Å². The van der Waals surface area contributed by atoms with Gasteiger partial charge in [-0.1, -0.05) is 6.07 Å². The summed E-state index contributed by atoms with van der Waals surface area (Å²) in [4.78, 5) is 14.7. The zero-order valence-electron chi connectivity index (χ0n) is 18.9. The summed E-state index contributed by atoms with van der Waals surface area (Å²) in [6.07, 6.45) is 0.393. The molecular weight excluding hydrogens is 424 g/mol. The van der Waals surface area contributed by atoms with E-state index in [4.69, 9.17) is 19.4 Å². The summed E-state index contributed by atoms with van der Waals surface area (Å²) in [6, 6.07) is 5.48. The second-order valence-corrected chi connectivity index (χ2v) is 8.33. The van der Waals surface area contributed by atoms with Crippen LogP contribution in [-0.2, 0) is 11.3 Å². The van der Waals surface area contributed by atoms with Gasteiger partial charge in [-0.3, -0.25) is 14.6 Å². The number of hydrogen-bond donors (Lipinski definition) is 2. The molecule has 0 radical (unpaired) electrons. The Balaban J connectivity index is 0.00000114. The molecule has 0 aromatic heterocycles. The molecule has 3 rings (SSSR count). The fourth-order valence-electron chi connectivity index (χ4n) is 3.95. The van der Waals surface area contributed by atoms with Gasteiger partial charge in [-0.05, 0) is 44.3 Å². The molecule has 0 amide bonds. The lowest BCUT2D eigenvalue weighted by Crippen LogP contribution is -2.37. The van der Waals surface area contributed by atoms with Crippen molar-refractivity contribution in [3.63, 3.8) is 0 Å². The Hall–Kier alpha value is -2.01. The highest BCUT2D eigenvalue weighted by atomic mass is 19.3. The fraction of sp³-hybridized carbons (Fsp3) is 0.682. The van der Waals surface area contributed by atoms with E-state index in [0.717, 1.165) is 38.2 Å². The van der Waals surface area contributed by atoms with Gasteiger partial charge in [-0.25, -0.2) is 8.78 Å². The van der Waals surface area contributed by atoms with Crippen LogP contribution in [0, 0.1) is 0 Å². The highest BCUT2D eigenvalue weighted by molar-refractivity contribution is 5.43. The zero-order valence-corrected chi connectivity index (χ0v) is 18.9. The molecule has 10 heteroatoms. The third kappa shape index (κ3) is 8.85. The molecule has 2 aliphatic rings. The number of benzene rings is 1. The van der Waals surface area contributed by atoms with Gasteiger partial charge in [0.2, 0.25) is 0 Å². The maximum Gasteiger partial charge on any atom is 0.290 e. The monoisotopic (exact) mass is 459 g/mol. The molecule has 2 heterocycles. The Bertz CT molecular complexity index is 710. The van der Waals surface area contributed by atoms with E-state index >= 15 is 0 Å². The van der Waals surface area contributed by atoms with Crippen LogP contribution in [0.1, 0.15) is 18.4 Å². The van der Waals surface area contributed by atoms with Gasteiger partial charge in [0.1, 0.15) is 12.7 Å². The lowest BCUT2D eigenvalue weighted by Gasteiger charge is -2.24. The van der Waals surface area contributed by atoms with Crippen LogP contribution >= 0.6 is 0 Å². The van der Waals surface area contributed by atoms with Crippen molar-refractivity contribution in [1.29, 1.82) is 0 Å². The molecule has 2 fully saturated rings. The maximum absolute atomic E-state index is 13.4. The van der Waals surface area contributed by atoms with Gasteiger partial charge >= 0.3 is 0 Å². The molecule has 2 aliphatic heterocycles. The summed E-state index contributed by atoms with van der Waals surface area (Å²) in [5, 5.41) is 17.3. The normalized spacial score (nSPS) is 20.7. The fourth-order valence-corrected chi connectivity index (χ4v) is 3.95. The number of halogens is 2. The number of rotatable bonds is 8. The van der Waals surface area contributed by atoms with E-state index in [0.29, 0.717) is 31.1 Å². The molecule has 2 N–H and O–H groups in total. The molecule has 0 spiro atoms. The summed E-state index contributed by atoms with van der Waals surface area (Å²) in [6.45, 7) is 5.09. The number of alkyl halides is 2. The second kappa shape index (κ2) is 12.9. The van der Waals surface area contributed by atoms with Gasteiger partial charge in [0.15, 0.2) is 11.5 Å². The summed E-state index contributed by atoms with van der Waals surface area (Å²) >= 11 is 0. The average Bonchev–Trinajstić information content (AvgIpc) is 2.95. The molecule has 1 unspecified atom stereocenters. The molecular formula is C22H35F2N3O5. The van der Waals surface area contributed by atoms with E-state index < -0.39 is 12.0 Å². The molecule has 2 saturated heterocycles. The Morgan fingerprint density at radius 1 is 1.16 bits per heavy atom. The van der Waals surface area contributed by atoms with Gasteiger partial charge in [-0.15, -0.1) is 0 Å². The third-order valence-electron chi connectivity index (χ3n) is 5.60. The molecule has 0 saturated carbocycles. The number of carbonyl (C=O) groups is 1. The summed E-state index contributed by atoms with van der Waals surface area (Å²) in [5.74, 6) is -1.49. The highest BCUT2D eigenvalue weighted by Gasteiger charge is 2.37. The van der Waals surface area contributed by atoms with Crippen LogP contribution in [0.25, 0.3) is 0 Å². The zero-order chi connectivity index (χ0) is 23.6. The number of carboxylic acid groups (broad SMARTS) is 1. The quantitative estimate of drug-likeness (QED) is 0.568. The minimum atomic E-state index is -2.60. The number of aliphatic hydroxyl groups excluding tert-OH is 1. The standard InChI is InChI=1S/C21H33F2N3O3.CH2O2/c1-24-7-3-8-25(11-10-24)14-18(27)15-29-20-12-17(4-5-19(20)28-2)13-26-9-6-21(22,23)16-26;2-1-3/h4-5,12,18,27H,3,6-11,13-16H2,1-2H3;1H,(H,2,3). The lowest BCUT2D eigenvalue weighted by atomic mass is 10.2. The lowest BCUT2D eigenvalue weighted by molar-refractivity contribution is -0.122. The second-order valence-electron chi connectivity index (χ2n) is 8.33. The van der Waals surface area contributed by atoms with E-state index in [2.05, 4.69) is 16.8 Å². The Kier molecular flexibility index (Phi) is 10.6. The van der Waals surface area contributed by atoms with Crippen molar-refractivity contribution in [2.24, 2.45) is 0 Å². The van der Waals surface area contributed by atoms with Gasteiger partial charge in [-0.2, -0.15) is 0 Å². The first-order valence-electron chi connectivity index (χ1n) is 10.8. The minimum Gasteiger partial charge on any atom is -0.493 e. The number of hydrogen-bond acceptors (Lipinski definition) is 7. The van der Waals surface area contributed by atoms with Crippen molar-refractivity contribution in [2.45, 2.75) is 31.4 Å². The van der Waals surface area contributed by atoms with E-state index in [1.807, 2.05) is 12.1 Å². The summed E-state index contributed by atoms with van der Waals surface area (Å²) in [5.41, 5.74) is 0.892. The number of methoxy groups -OCH3 is 1. The molecule has 32 heavy (non-hydrogen) atoms. The Morgan fingerprint density at radius 2 is 1.91 bits per heavy atom. The van der Waals surface area contributed by atoms with Crippen LogP contribution in [0.4, 0.5) is 8.78 Å². The van der Waals surface area contributed by atoms with Crippen LogP contribution < -0.4 is 9.47 Å². The van der Waals surface area contributed by atoms with Crippen molar-refractivity contribution in [3.8, 4) is 11.5 Å². The number of nitrogens with zero attached hydrogens (tertiary/aromatic N) is 3. The predicted molar refractivity (Wildman–Crippen MR) is 117 cm³/mol. The third-order valence-corrected chi connectivity index (χ3v) is 5.60. The van der Waals surface area contributed by atoms with Crippen molar-refractivity contribution >= 4 is 6.47 Å². The summed E-state index contributed by atoms with van der Waals surface area (Å²) < 4.78 is 38.1. The smallest absolute Gasteiger partial charge is 0.290 e. The van der Waals surface area contributed by atoms with E-state index in [-0.39, 0.29) is 26.0 Å². The number of ether oxygens (including phenoxy) is 2. The van der Waals surface area contributed by atoms with Crippen LogP contribution in [-0.4, -0.2) is 110 Å². The Labute approximate surface area is 188 Å². The van der Waals surface area contributed by atoms with Gasteiger partial charge in [0.25, 0.3) is 12.4 Å². The van der Waals surface area contributed by atoms with Gasteiger partial charge in [0, 0.05) is 39.1 Å². The van der Waals surface area contributed by atoms with Crippen LogP contribution in [0.3, 0.4) is 0 Å². The first-order valence-corrected chi connectivity index (χ1v) is 10.8. The topological polar surface area (TPSA) is 85.7 Å². The number of likely N-dealkylation sites (N-methyl/N-ethyl adjacent to an activating group) is 1. The van der Waals surface area contributed by atoms with E-state index in [9.17, 15) is 13.9 Å². The van der Waals surface area contributed by atoms with Gasteiger partial charge < -0.3 is 24.6 Å². The largest absolute Gasteiger partial charge is 0.493 e. The molecule has 1 aromatic carbocycles. The van der Waals surface area contributed by atoms with Crippen LogP contribution in [0.2, 0.25) is 0 Å². The predicted octanol–water partition coefficient (Wildman–Crippen LogP) is 1.61.